The minimum Gasteiger partial charge on any atom is -0.315 e. The second-order valence-electron chi connectivity index (χ2n) is 3.78. The SMILES string of the molecule is CSC1(CNCCC(F)(F)F)CCC1. The van der Waals surface area contributed by atoms with Crippen LogP contribution in [0.1, 0.15) is 25.7 Å². The maximum absolute atomic E-state index is 11.8. The van der Waals surface area contributed by atoms with Crippen molar-refractivity contribution in [1.82, 2.24) is 5.32 Å². The lowest BCUT2D eigenvalue weighted by Gasteiger charge is -2.40. The van der Waals surface area contributed by atoms with Crippen LogP contribution in [-0.2, 0) is 0 Å². The number of thioether (sulfide) groups is 1. The van der Waals surface area contributed by atoms with Crippen molar-refractivity contribution in [3.8, 4) is 0 Å². The van der Waals surface area contributed by atoms with Crippen molar-refractivity contribution in [2.24, 2.45) is 0 Å². The van der Waals surface area contributed by atoms with Crippen LogP contribution in [0.5, 0.6) is 0 Å². The van der Waals surface area contributed by atoms with Crippen LogP contribution in [-0.4, -0.2) is 30.3 Å². The molecule has 1 rings (SSSR count). The molecule has 0 aromatic heterocycles. The largest absolute Gasteiger partial charge is 0.390 e. The molecule has 1 fully saturated rings. The molecule has 0 aromatic carbocycles. The zero-order valence-electron chi connectivity index (χ0n) is 8.28. The van der Waals surface area contributed by atoms with Crippen LogP contribution in [0.4, 0.5) is 13.2 Å². The van der Waals surface area contributed by atoms with E-state index in [2.05, 4.69) is 5.32 Å². The van der Waals surface area contributed by atoms with Gasteiger partial charge < -0.3 is 5.32 Å². The normalized spacial score (nSPS) is 20.6. The van der Waals surface area contributed by atoms with Gasteiger partial charge in [0.15, 0.2) is 0 Å². The molecule has 0 atom stereocenters. The summed E-state index contributed by atoms with van der Waals surface area (Å²) >= 11 is 1.77. The summed E-state index contributed by atoms with van der Waals surface area (Å²) in [4.78, 5) is 0. The van der Waals surface area contributed by atoms with Crippen LogP contribution in [0.15, 0.2) is 0 Å². The highest BCUT2D eigenvalue weighted by Gasteiger charge is 2.35. The third-order valence-corrected chi connectivity index (χ3v) is 4.15. The molecule has 0 aromatic rings. The van der Waals surface area contributed by atoms with Gasteiger partial charge in [0, 0.05) is 17.8 Å². The van der Waals surface area contributed by atoms with Crippen molar-refractivity contribution >= 4 is 11.8 Å². The summed E-state index contributed by atoms with van der Waals surface area (Å²) in [6.45, 7) is 0.760. The second kappa shape index (κ2) is 4.75. The molecule has 0 saturated heterocycles. The van der Waals surface area contributed by atoms with E-state index in [1.807, 2.05) is 6.26 Å². The van der Waals surface area contributed by atoms with Crippen molar-refractivity contribution in [3.63, 3.8) is 0 Å². The molecule has 0 spiro atoms. The molecule has 0 heterocycles. The summed E-state index contributed by atoms with van der Waals surface area (Å²) in [6.07, 6.45) is 0.753. The van der Waals surface area contributed by atoms with Crippen LogP contribution in [0.2, 0.25) is 0 Å². The maximum Gasteiger partial charge on any atom is 0.390 e. The Morgan fingerprint density at radius 3 is 2.36 bits per heavy atom. The van der Waals surface area contributed by atoms with E-state index in [1.54, 1.807) is 11.8 Å². The first kappa shape index (κ1) is 12.2. The number of alkyl halides is 3. The van der Waals surface area contributed by atoms with Gasteiger partial charge in [0.1, 0.15) is 0 Å². The van der Waals surface area contributed by atoms with Crippen LogP contribution in [0.3, 0.4) is 0 Å². The van der Waals surface area contributed by atoms with E-state index in [0.717, 1.165) is 12.8 Å². The summed E-state index contributed by atoms with van der Waals surface area (Å²) in [5.74, 6) is 0. The third-order valence-electron chi connectivity index (χ3n) is 2.73. The van der Waals surface area contributed by atoms with Gasteiger partial charge in [0.2, 0.25) is 0 Å². The van der Waals surface area contributed by atoms with Crippen molar-refractivity contribution in [2.45, 2.75) is 36.6 Å². The number of rotatable bonds is 5. The molecular weight excluding hydrogens is 211 g/mol. The zero-order chi connectivity index (χ0) is 10.7. The van der Waals surface area contributed by atoms with E-state index >= 15 is 0 Å². The van der Waals surface area contributed by atoms with Gasteiger partial charge in [-0.15, -0.1) is 0 Å². The number of hydrogen-bond donors (Lipinski definition) is 1. The van der Waals surface area contributed by atoms with Crippen molar-refractivity contribution < 1.29 is 13.2 Å². The predicted molar refractivity (Wildman–Crippen MR) is 53.6 cm³/mol. The Balaban J connectivity index is 2.09. The zero-order valence-corrected chi connectivity index (χ0v) is 9.10. The summed E-state index contributed by atoms with van der Waals surface area (Å²) in [5.41, 5.74) is 0. The van der Waals surface area contributed by atoms with Crippen LogP contribution in [0.25, 0.3) is 0 Å². The highest BCUT2D eigenvalue weighted by atomic mass is 32.2. The molecule has 0 radical (unpaired) electrons. The van der Waals surface area contributed by atoms with Gasteiger partial charge in [-0.05, 0) is 19.1 Å². The van der Waals surface area contributed by atoms with E-state index in [0.29, 0.717) is 6.54 Å². The van der Waals surface area contributed by atoms with Gasteiger partial charge in [0.05, 0.1) is 6.42 Å². The molecule has 1 aliphatic rings. The van der Waals surface area contributed by atoms with E-state index in [1.165, 1.54) is 6.42 Å². The highest BCUT2D eigenvalue weighted by Crippen LogP contribution is 2.42. The minimum atomic E-state index is -4.03. The molecule has 0 amide bonds. The van der Waals surface area contributed by atoms with E-state index in [-0.39, 0.29) is 11.3 Å². The Hall–Kier alpha value is 0.100. The first-order valence-electron chi connectivity index (χ1n) is 4.80. The summed E-state index contributed by atoms with van der Waals surface area (Å²) in [7, 11) is 0. The third kappa shape index (κ3) is 3.69. The average Bonchev–Trinajstić information content (AvgIpc) is 2.00. The Morgan fingerprint density at radius 1 is 1.36 bits per heavy atom. The van der Waals surface area contributed by atoms with Gasteiger partial charge in [-0.2, -0.15) is 24.9 Å². The first-order valence-corrected chi connectivity index (χ1v) is 6.03. The molecule has 1 saturated carbocycles. The molecule has 84 valence electrons. The van der Waals surface area contributed by atoms with Crippen molar-refractivity contribution in [3.05, 3.63) is 0 Å². The Bertz CT molecular complexity index is 172. The van der Waals surface area contributed by atoms with Crippen LogP contribution < -0.4 is 5.32 Å². The Labute approximate surface area is 86.8 Å². The quantitative estimate of drug-likeness (QED) is 0.725. The fraction of sp³-hybridized carbons (Fsp3) is 1.00. The highest BCUT2D eigenvalue weighted by molar-refractivity contribution is 8.00. The molecule has 14 heavy (non-hydrogen) atoms. The fourth-order valence-electron chi connectivity index (χ4n) is 1.57. The molecule has 0 unspecified atom stereocenters. The topological polar surface area (TPSA) is 12.0 Å². The molecular formula is C9H16F3NS. The molecule has 1 N–H and O–H groups in total. The van der Waals surface area contributed by atoms with Gasteiger partial charge in [0.25, 0.3) is 0 Å². The monoisotopic (exact) mass is 227 g/mol. The van der Waals surface area contributed by atoms with E-state index in [4.69, 9.17) is 0 Å². The smallest absolute Gasteiger partial charge is 0.315 e. The number of hydrogen-bond acceptors (Lipinski definition) is 2. The molecule has 0 bridgehead atoms. The Morgan fingerprint density at radius 2 is 2.00 bits per heavy atom. The molecule has 1 aliphatic carbocycles. The fourth-order valence-corrected chi connectivity index (χ4v) is 2.51. The van der Waals surface area contributed by atoms with Crippen LogP contribution in [0, 0.1) is 0 Å². The van der Waals surface area contributed by atoms with Gasteiger partial charge >= 0.3 is 6.18 Å². The number of halogens is 3. The predicted octanol–water partition coefficient (Wildman–Crippen LogP) is 2.81. The van der Waals surface area contributed by atoms with Gasteiger partial charge in [-0.3, -0.25) is 0 Å². The standard InChI is InChI=1S/C9H16F3NS/c1-14-8(3-2-4-8)7-13-6-5-9(10,11)12/h13H,2-7H2,1H3. The van der Waals surface area contributed by atoms with Gasteiger partial charge in [-0.1, -0.05) is 6.42 Å². The maximum atomic E-state index is 11.8. The summed E-state index contributed by atoms with van der Waals surface area (Å²) in [5, 5.41) is 2.89. The minimum absolute atomic E-state index is 0.0474. The van der Waals surface area contributed by atoms with Crippen LogP contribution >= 0.6 is 11.8 Å². The lowest BCUT2D eigenvalue weighted by atomic mass is 9.84. The lowest BCUT2D eigenvalue weighted by molar-refractivity contribution is -0.133. The summed E-state index contributed by atoms with van der Waals surface area (Å²) in [6, 6.07) is 0. The number of nitrogens with one attached hydrogen (secondary N) is 1. The van der Waals surface area contributed by atoms with Crippen molar-refractivity contribution in [2.75, 3.05) is 19.3 Å². The second-order valence-corrected chi connectivity index (χ2v) is 5.06. The van der Waals surface area contributed by atoms with E-state index < -0.39 is 12.6 Å². The van der Waals surface area contributed by atoms with Crippen molar-refractivity contribution in [1.29, 1.82) is 0 Å². The van der Waals surface area contributed by atoms with Gasteiger partial charge in [-0.25, -0.2) is 0 Å². The lowest BCUT2D eigenvalue weighted by Crippen LogP contribution is -2.44. The molecule has 5 heteroatoms. The summed E-state index contributed by atoms with van der Waals surface area (Å²) < 4.78 is 35.7. The Kier molecular flexibility index (Phi) is 4.13. The molecule has 0 aliphatic heterocycles. The average molecular weight is 227 g/mol. The molecule has 1 nitrogen and oxygen atoms in total. The first-order chi connectivity index (χ1) is 6.47. The van der Waals surface area contributed by atoms with E-state index in [9.17, 15) is 13.2 Å².